The van der Waals surface area contributed by atoms with E-state index in [-0.39, 0.29) is 5.92 Å². The molecule has 0 aliphatic carbocycles. The molecule has 16 heavy (non-hydrogen) atoms. The van der Waals surface area contributed by atoms with Crippen LogP contribution in [0.3, 0.4) is 0 Å². The number of amides is 1. The largest absolute Gasteiger partial charge is 0.465 e. The van der Waals surface area contributed by atoms with Crippen molar-refractivity contribution < 1.29 is 9.90 Å². The van der Waals surface area contributed by atoms with Crippen LogP contribution in [-0.2, 0) is 0 Å². The number of anilines is 2. The second kappa shape index (κ2) is 4.88. The number of benzene rings is 1. The molecule has 1 amide bonds. The first-order valence-electron chi connectivity index (χ1n) is 5.28. The molecular weight excluding hydrogens is 204 g/mol. The molecule has 0 radical (unpaired) electrons. The van der Waals surface area contributed by atoms with Gasteiger partial charge in [-0.05, 0) is 30.5 Å². The first kappa shape index (κ1) is 12.4. The third-order valence-corrected chi connectivity index (χ3v) is 2.30. The summed E-state index contributed by atoms with van der Waals surface area (Å²) >= 11 is 0. The molecule has 0 unspecified atom stereocenters. The van der Waals surface area contributed by atoms with Crippen LogP contribution in [0.25, 0.3) is 0 Å². The van der Waals surface area contributed by atoms with Crippen LogP contribution < -0.4 is 10.6 Å². The van der Waals surface area contributed by atoms with E-state index in [2.05, 4.69) is 0 Å². The highest BCUT2D eigenvalue weighted by Crippen LogP contribution is 2.23. The van der Waals surface area contributed by atoms with Gasteiger partial charge in [-0.2, -0.15) is 0 Å². The normalized spacial score (nSPS) is 10.5. The van der Waals surface area contributed by atoms with Crippen LogP contribution in [-0.4, -0.2) is 17.7 Å². The lowest BCUT2D eigenvalue weighted by molar-refractivity contribution is 0.201. The molecule has 1 aromatic carbocycles. The van der Waals surface area contributed by atoms with E-state index in [9.17, 15) is 9.90 Å². The third kappa shape index (κ3) is 2.89. The van der Waals surface area contributed by atoms with Gasteiger partial charge >= 0.3 is 6.09 Å². The van der Waals surface area contributed by atoms with Gasteiger partial charge in [-0.1, -0.05) is 19.9 Å². The van der Waals surface area contributed by atoms with E-state index >= 15 is 0 Å². The fraction of sp³-hybridized carbons (Fsp3) is 0.417. The van der Waals surface area contributed by atoms with Crippen LogP contribution in [0.4, 0.5) is 16.2 Å². The van der Waals surface area contributed by atoms with Crippen molar-refractivity contribution in [3.63, 3.8) is 0 Å². The Balaban J connectivity index is 3.10. The maximum absolute atomic E-state index is 11.2. The van der Waals surface area contributed by atoms with Crippen LogP contribution in [0.1, 0.15) is 19.4 Å². The highest BCUT2D eigenvalue weighted by atomic mass is 16.4. The quantitative estimate of drug-likeness (QED) is 0.773. The minimum Gasteiger partial charge on any atom is -0.465 e. The molecule has 3 N–H and O–H groups in total. The molecule has 0 aliphatic rings. The van der Waals surface area contributed by atoms with Crippen molar-refractivity contribution in [3.8, 4) is 0 Å². The van der Waals surface area contributed by atoms with Crippen molar-refractivity contribution in [1.29, 1.82) is 0 Å². The zero-order valence-electron chi connectivity index (χ0n) is 9.90. The number of carboxylic acid groups (broad SMARTS) is 1. The van der Waals surface area contributed by atoms with E-state index in [4.69, 9.17) is 5.73 Å². The molecule has 0 fully saturated rings. The standard InChI is InChI=1S/C12H18N2O2/c1-8(2)7-14(12(15)16)11-6-10(13)5-4-9(11)3/h4-6,8H,7,13H2,1-3H3,(H,15,16). The van der Waals surface area contributed by atoms with Gasteiger partial charge in [0.2, 0.25) is 0 Å². The molecule has 0 atom stereocenters. The first-order valence-corrected chi connectivity index (χ1v) is 5.28. The third-order valence-electron chi connectivity index (χ3n) is 2.30. The van der Waals surface area contributed by atoms with Crippen molar-refractivity contribution in [2.75, 3.05) is 17.2 Å². The molecule has 0 spiro atoms. The molecule has 1 aromatic rings. The van der Waals surface area contributed by atoms with Crippen molar-refractivity contribution >= 4 is 17.5 Å². The van der Waals surface area contributed by atoms with Crippen molar-refractivity contribution in [3.05, 3.63) is 23.8 Å². The minimum atomic E-state index is -0.942. The molecule has 4 heteroatoms. The predicted octanol–water partition coefficient (Wildman–Crippen LogP) is 2.72. The summed E-state index contributed by atoms with van der Waals surface area (Å²) < 4.78 is 0. The van der Waals surface area contributed by atoms with E-state index in [0.29, 0.717) is 17.9 Å². The molecule has 1 rings (SSSR count). The average molecular weight is 222 g/mol. The Morgan fingerprint density at radius 3 is 2.62 bits per heavy atom. The molecule has 0 aromatic heterocycles. The molecule has 0 aliphatic heterocycles. The Labute approximate surface area is 95.7 Å². The molecule has 4 nitrogen and oxygen atoms in total. The van der Waals surface area contributed by atoms with Gasteiger partial charge in [-0.25, -0.2) is 4.79 Å². The lowest BCUT2D eigenvalue weighted by Gasteiger charge is -2.23. The Morgan fingerprint density at radius 1 is 1.50 bits per heavy atom. The van der Waals surface area contributed by atoms with Gasteiger partial charge in [0.05, 0.1) is 5.69 Å². The second-order valence-electron chi connectivity index (χ2n) is 4.33. The molecule has 0 bridgehead atoms. The summed E-state index contributed by atoms with van der Waals surface area (Å²) in [5.74, 6) is 0.275. The van der Waals surface area contributed by atoms with E-state index in [1.165, 1.54) is 4.90 Å². The van der Waals surface area contributed by atoms with Crippen LogP contribution in [0.5, 0.6) is 0 Å². The number of nitrogen functional groups attached to an aromatic ring is 1. The fourth-order valence-corrected chi connectivity index (χ4v) is 1.56. The van der Waals surface area contributed by atoms with E-state index in [0.717, 1.165) is 5.56 Å². The van der Waals surface area contributed by atoms with Crippen LogP contribution >= 0.6 is 0 Å². The number of hydrogen-bond donors (Lipinski definition) is 2. The summed E-state index contributed by atoms with van der Waals surface area (Å²) in [4.78, 5) is 12.5. The maximum atomic E-state index is 11.2. The summed E-state index contributed by atoms with van der Waals surface area (Å²) in [6, 6.07) is 5.31. The molecule has 0 heterocycles. The van der Waals surface area contributed by atoms with Crippen LogP contribution in [0.2, 0.25) is 0 Å². The smallest absolute Gasteiger partial charge is 0.411 e. The number of hydrogen-bond acceptors (Lipinski definition) is 2. The number of aryl methyl sites for hydroxylation is 1. The first-order chi connectivity index (χ1) is 7.41. The van der Waals surface area contributed by atoms with E-state index < -0.39 is 6.09 Å². The highest BCUT2D eigenvalue weighted by Gasteiger charge is 2.17. The topological polar surface area (TPSA) is 66.6 Å². The van der Waals surface area contributed by atoms with Gasteiger partial charge in [-0.15, -0.1) is 0 Å². The van der Waals surface area contributed by atoms with Crippen molar-refractivity contribution in [2.24, 2.45) is 5.92 Å². The van der Waals surface area contributed by atoms with Gasteiger partial charge in [0.1, 0.15) is 0 Å². The lowest BCUT2D eigenvalue weighted by atomic mass is 10.1. The van der Waals surface area contributed by atoms with E-state index in [1.54, 1.807) is 12.1 Å². The highest BCUT2D eigenvalue weighted by molar-refractivity contribution is 5.87. The lowest BCUT2D eigenvalue weighted by Crippen LogP contribution is -2.33. The Hall–Kier alpha value is -1.71. The fourth-order valence-electron chi connectivity index (χ4n) is 1.56. The van der Waals surface area contributed by atoms with Gasteiger partial charge in [0.25, 0.3) is 0 Å². The summed E-state index contributed by atoms with van der Waals surface area (Å²) in [5, 5.41) is 9.18. The van der Waals surface area contributed by atoms with Crippen molar-refractivity contribution in [1.82, 2.24) is 0 Å². The summed E-state index contributed by atoms with van der Waals surface area (Å²) in [6.07, 6.45) is -0.942. The molecule has 0 saturated heterocycles. The summed E-state index contributed by atoms with van der Waals surface area (Å²) in [6.45, 7) is 6.32. The van der Waals surface area contributed by atoms with Gasteiger partial charge in [0, 0.05) is 12.2 Å². The SMILES string of the molecule is Cc1ccc(N)cc1N(CC(C)C)C(=O)O. The monoisotopic (exact) mass is 222 g/mol. The van der Waals surface area contributed by atoms with Gasteiger partial charge < -0.3 is 10.8 Å². The van der Waals surface area contributed by atoms with Crippen LogP contribution in [0.15, 0.2) is 18.2 Å². The Morgan fingerprint density at radius 2 is 2.12 bits per heavy atom. The Bertz CT molecular complexity index is 389. The van der Waals surface area contributed by atoms with Crippen molar-refractivity contribution in [2.45, 2.75) is 20.8 Å². The number of carbonyl (C=O) groups is 1. The number of nitrogens with two attached hydrogens (primary N) is 1. The number of nitrogens with zero attached hydrogens (tertiary/aromatic N) is 1. The molecule has 0 saturated carbocycles. The molecular formula is C12H18N2O2. The summed E-state index contributed by atoms with van der Waals surface area (Å²) in [5.41, 5.74) is 7.84. The minimum absolute atomic E-state index is 0.275. The zero-order valence-corrected chi connectivity index (χ0v) is 9.90. The van der Waals surface area contributed by atoms with Gasteiger partial charge in [0.15, 0.2) is 0 Å². The number of rotatable bonds is 3. The zero-order chi connectivity index (χ0) is 12.3. The second-order valence-corrected chi connectivity index (χ2v) is 4.33. The Kier molecular flexibility index (Phi) is 3.77. The maximum Gasteiger partial charge on any atom is 0.411 e. The average Bonchev–Trinajstić information content (AvgIpc) is 2.18. The predicted molar refractivity (Wildman–Crippen MR) is 65.8 cm³/mol. The van der Waals surface area contributed by atoms with Gasteiger partial charge in [-0.3, -0.25) is 4.90 Å². The summed E-state index contributed by atoms with van der Waals surface area (Å²) in [7, 11) is 0. The van der Waals surface area contributed by atoms with Crippen LogP contribution in [0, 0.1) is 12.8 Å². The molecule has 88 valence electrons. The van der Waals surface area contributed by atoms with E-state index in [1.807, 2.05) is 26.8 Å².